The van der Waals surface area contributed by atoms with E-state index in [1.165, 1.54) is 38.5 Å². The summed E-state index contributed by atoms with van der Waals surface area (Å²) in [6.45, 7) is 2.51. The molecule has 2 aromatic rings. The van der Waals surface area contributed by atoms with Crippen molar-refractivity contribution < 1.29 is 105 Å². The van der Waals surface area contributed by atoms with Crippen molar-refractivity contribution in [2.45, 2.75) is 0 Å². The molecule has 0 fully saturated rings. The summed E-state index contributed by atoms with van der Waals surface area (Å²) in [6, 6.07) is 12.1. The number of aliphatic hydroxyl groups is 4. The first-order valence-electron chi connectivity index (χ1n) is 12.9. The van der Waals surface area contributed by atoms with Crippen LogP contribution in [0.15, 0.2) is 48.5 Å². The number of nitrogens with zero attached hydrogens (tertiary/aromatic N) is 2. The second-order valence-electron chi connectivity index (χ2n) is 8.02. The molecule has 0 unspecified atom stereocenters. The van der Waals surface area contributed by atoms with Crippen LogP contribution in [-0.4, -0.2) is 146 Å². The predicted molar refractivity (Wildman–Crippen MR) is 153 cm³/mol. The maximum absolute atomic E-state index is 10.2. The van der Waals surface area contributed by atoms with E-state index in [1.54, 1.807) is 34.1 Å². The maximum Gasteiger partial charge on any atom is 2.00 e. The third-order valence-corrected chi connectivity index (χ3v) is 5.13. The summed E-state index contributed by atoms with van der Waals surface area (Å²) in [5.41, 5.74) is 0.316. The summed E-state index contributed by atoms with van der Waals surface area (Å²) < 4.78 is 9.67. The van der Waals surface area contributed by atoms with Gasteiger partial charge >= 0.3 is 34.1 Å². The minimum Gasteiger partial charge on any atom is -0.854 e. The Morgan fingerprint density at radius 2 is 0.804 bits per heavy atom. The van der Waals surface area contributed by atoms with Crippen molar-refractivity contribution in [2.24, 2.45) is 0 Å². The van der Waals surface area contributed by atoms with Crippen molar-refractivity contribution in [1.82, 2.24) is 9.80 Å². The standard InChI is InChI=1S/2C8H8O3.2C6H14NO3.2Cu.2H2O/c2*1-11-7-4-2-6(3-5-7)8(9)10;2*8-4-1-7(2-5-9)3-6-10;;;;/h2*2-5H,1H3,(H,9,10);2*8-9H,1-6H2;;;2*1H2/q;;2*-1;2*+2;;/p-2. The third kappa shape index (κ3) is 30.3. The average molecular weight is 762 g/mol. The van der Waals surface area contributed by atoms with Crippen molar-refractivity contribution in [3.05, 3.63) is 59.7 Å². The zero-order valence-corrected chi connectivity index (χ0v) is 27.5. The van der Waals surface area contributed by atoms with E-state index in [0.717, 1.165) is 0 Å². The Bertz CT molecular complexity index is 825. The number of aromatic carboxylic acids is 2. The van der Waals surface area contributed by atoms with E-state index in [0.29, 0.717) is 50.8 Å². The smallest absolute Gasteiger partial charge is 0.854 e. The number of aliphatic hydroxyl groups excluding tert-OH is 4. The fourth-order valence-electron chi connectivity index (χ4n) is 2.95. The molecule has 0 spiro atoms. The number of carboxylic acid groups (broad SMARTS) is 2. The number of hydrogen-bond acceptors (Lipinski definition) is 14. The molecule has 0 aliphatic heterocycles. The Hall–Kier alpha value is -2.38. The molecule has 0 aliphatic carbocycles. The molecule has 2 aromatic carbocycles. The summed E-state index contributed by atoms with van der Waals surface area (Å²) in [5.74, 6) is -1.08. The number of carbonyl (C=O) groups is 2. The van der Waals surface area contributed by atoms with Crippen LogP contribution in [0.3, 0.4) is 0 Å². The molecule has 0 aromatic heterocycles. The van der Waals surface area contributed by atoms with Crippen LogP contribution in [0.4, 0.5) is 0 Å². The number of ether oxygens (including phenoxy) is 2. The number of benzene rings is 2. The van der Waals surface area contributed by atoms with Crippen molar-refractivity contribution in [2.75, 3.05) is 93.1 Å². The number of carbonyl (C=O) groups excluding carboxylic acids is 2. The van der Waals surface area contributed by atoms with Gasteiger partial charge in [-0.05, 0) is 72.7 Å². The first-order chi connectivity index (χ1) is 20.2. The van der Waals surface area contributed by atoms with Gasteiger partial charge < -0.3 is 80.7 Å². The molecule has 274 valence electrons. The van der Waals surface area contributed by atoms with Gasteiger partial charge in [0.1, 0.15) is 11.5 Å². The van der Waals surface area contributed by atoms with Gasteiger partial charge in [-0.2, -0.15) is 0 Å². The summed E-state index contributed by atoms with van der Waals surface area (Å²) >= 11 is 0. The Morgan fingerprint density at radius 1 is 0.565 bits per heavy atom. The monoisotopic (exact) mass is 760 g/mol. The molecule has 2 rings (SSSR count). The van der Waals surface area contributed by atoms with Crippen molar-refractivity contribution in [3.63, 3.8) is 0 Å². The molecule has 18 heteroatoms. The number of carboxylic acids is 2. The SMILES string of the molecule is COc1ccc(C(=O)[O-])cc1.COc1ccc(C(=O)[O-])cc1.O.O.[Cu+2].[Cu+2].[O-]CCN(CCO)CCO.[O-]CCN(CCO)CCO. The van der Waals surface area contributed by atoms with Gasteiger partial charge in [-0.15, -0.1) is 13.2 Å². The maximum atomic E-state index is 10.2. The van der Waals surface area contributed by atoms with E-state index >= 15 is 0 Å². The first-order valence-corrected chi connectivity index (χ1v) is 12.9. The van der Waals surface area contributed by atoms with Crippen LogP contribution >= 0.6 is 0 Å². The van der Waals surface area contributed by atoms with Gasteiger partial charge in [-0.1, -0.05) is 0 Å². The second-order valence-corrected chi connectivity index (χ2v) is 8.02. The van der Waals surface area contributed by atoms with E-state index in [-0.39, 0.29) is 95.9 Å². The van der Waals surface area contributed by atoms with Crippen LogP contribution < -0.4 is 29.9 Å². The number of hydrogen-bond donors (Lipinski definition) is 4. The van der Waals surface area contributed by atoms with E-state index in [1.807, 2.05) is 0 Å². The summed E-state index contributed by atoms with van der Waals surface area (Å²) in [7, 11) is 3.04. The molecule has 8 N–H and O–H groups in total. The average Bonchev–Trinajstić information content (AvgIpc) is 2.99. The molecule has 0 saturated heterocycles. The fraction of sp³-hybridized carbons (Fsp3) is 0.500. The van der Waals surface area contributed by atoms with Crippen molar-refractivity contribution in [3.8, 4) is 11.5 Å². The van der Waals surface area contributed by atoms with Crippen LogP contribution in [0.1, 0.15) is 20.7 Å². The van der Waals surface area contributed by atoms with Gasteiger partial charge in [0.05, 0.1) is 52.6 Å². The molecule has 16 nitrogen and oxygen atoms in total. The summed E-state index contributed by atoms with van der Waals surface area (Å²) in [4.78, 5) is 24.0. The third-order valence-electron chi connectivity index (χ3n) is 5.13. The Balaban J connectivity index is -0.000000113. The normalized spacial score (nSPS) is 9.09. The van der Waals surface area contributed by atoms with Crippen molar-refractivity contribution >= 4 is 11.9 Å². The van der Waals surface area contributed by atoms with Gasteiger partial charge in [-0.3, -0.25) is 0 Å². The van der Waals surface area contributed by atoms with E-state index in [4.69, 9.17) is 29.9 Å². The van der Waals surface area contributed by atoms with Crippen LogP contribution in [-0.2, 0) is 34.1 Å². The zero-order valence-electron chi connectivity index (χ0n) is 25.7. The molecule has 0 atom stereocenters. The molecule has 0 saturated carbocycles. The van der Waals surface area contributed by atoms with Gasteiger partial charge in [-0.25, -0.2) is 0 Å². The second kappa shape index (κ2) is 38.8. The Kier molecular flexibility index (Phi) is 47.2. The fourth-order valence-corrected chi connectivity index (χ4v) is 2.95. The minimum absolute atomic E-state index is 0. The Morgan fingerprint density at radius 3 is 0.957 bits per heavy atom. The predicted octanol–water partition coefficient (Wildman–Crippen LogP) is -6.27. The van der Waals surface area contributed by atoms with E-state index in [9.17, 15) is 30.0 Å². The zero-order chi connectivity index (χ0) is 32.2. The molecule has 0 amide bonds. The first kappa shape index (κ1) is 56.0. The van der Waals surface area contributed by atoms with Crippen LogP contribution in [0.2, 0.25) is 0 Å². The van der Waals surface area contributed by atoms with Gasteiger partial charge in [0.15, 0.2) is 0 Å². The molecular formula is C28H46Cu2N2O14. The molecular weight excluding hydrogens is 715 g/mol. The topological polar surface area (TPSA) is 295 Å². The molecule has 46 heavy (non-hydrogen) atoms. The number of methoxy groups -OCH3 is 2. The van der Waals surface area contributed by atoms with E-state index < -0.39 is 11.9 Å². The number of rotatable bonds is 16. The van der Waals surface area contributed by atoms with Crippen LogP contribution in [0.5, 0.6) is 11.5 Å². The van der Waals surface area contributed by atoms with Gasteiger partial charge in [0, 0.05) is 26.2 Å². The molecule has 0 heterocycles. The summed E-state index contributed by atoms with van der Waals surface area (Å²) in [5, 5.41) is 74.5. The van der Waals surface area contributed by atoms with E-state index in [2.05, 4.69) is 0 Å². The largest absolute Gasteiger partial charge is 2.00 e. The molecule has 2 radical (unpaired) electrons. The van der Waals surface area contributed by atoms with Crippen molar-refractivity contribution in [1.29, 1.82) is 0 Å². The quantitative estimate of drug-likeness (QED) is 0.116. The van der Waals surface area contributed by atoms with Crippen LogP contribution in [0, 0.1) is 0 Å². The molecule has 0 aliphatic rings. The van der Waals surface area contributed by atoms with Crippen LogP contribution in [0.25, 0.3) is 0 Å². The minimum atomic E-state index is -1.17. The Labute approximate surface area is 290 Å². The van der Waals surface area contributed by atoms with Gasteiger partial charge in [0.2, 0.25) is 0 Å². The summed E-state index contributed by atoms with van der Waals surface area (Å²) in [6.07, 6.45) is 0. The van der Waals surface area contributed by atoms with Gasteiger partial charge in [0.25, 0.3) is 0 Å². The molecule has 0 bridgehead atoms.